The van der Waals surface area contributed by atoms with Gasteiger partial charge in [0.25, 0.3) is 0 Å². The van der Waals surface area contributed by atoms with Gasteiger partial charge in [-0.15, -0.1) is 0 Å². The number of allylic oxidation sites excluding steroid dienone is 3. The molecule has 0 aliphatic carbocycles. The van der Waals surface area contributed by atoms with Crippen molar-refractivity contribution < 1.29 is 24.5 Å². The summed E-state index contributed by atoms with van der Waals surface area (Å²) in [5.41, 5.74) is 0. The lowest BCUT2D eigenvalue weighted by Crippen LogP contribution is -2.45. The molecule has 0 saturated carbocycles. The quantitative estimate of drug-likeness (QED) is 0.0321. The van der Waals surface area contributed by atoms with Gasteiger partial charge in [0.05, 0.1) is 25.4 Å². The number of carbonyl (C=O) groups is 2. The first-order chi connectivity index (χ1) is 30.5. The number of amides is 1. The molecule has 0 aliphatic heterocycles. The van der Waals surface area contributed by atoms with Crippen molar-refractivity contribution in [1.82, 2.24) is 5.32 Å². The predicted octanol–water partition coefficient (Wildman–Crippen LogP) is 16.7. The van der Waals surface area contributed by atoms with Crippen molar-refractivity contribution in [2.75, 3.05) is 13.2 Å². The van der Waals surface area contributed by atoms with Gasteiger partial charge in [0, 0.05) is 12.8 Å². The van der Waals surface area contributed by atoms with Crippen molar-refractivity contribution in [3.63, 3.8) is 0 Å². The zero-order chi connectivity index (χ0) is 45.1. The Morgan fingerprint density at radius 3 is 1.15 bits per heavy atom. The molecule has 0 bridgehead atoms. The van der Waals surface area contributed by atoms with E-state index in [0.717, 1.165) is 44.9 Å². The summed E-state index contributed by atoms with van der Waals surface area (Å²) in [5, 5.41) is 23.0. The highest BCUT2D eigenvalue weighted by Gasteiger charge is 2.18. The molecule has 3 N–H and O–H groups in total. The van der Waals surface area contributed by atoms with Gasteiger partial charge >= 0.3 is 5.97 Å². The molecule has 0 radical (unpaired) electrons. The van der Waals surface area contributed by atoms with Crippen LogP contribution in [-0.4, -0.2) is 47.4 Å². The van der Waals surface area contributed by atoms with E-state index in [0.29, 0.717) is 19.4 Å². The van der Waals surface area contributed by atoms with Crippen LogP contribution >= 0.6 is 0 Å². The van der Waals surface area contributed by atoms with Crippen LogP contribution in [0.4, 0.5) is 0 Å². The smallest absolute Gasteiger partial charge is 0.305 e. The summed E-state index contributed by atoms with van der Waals surface area (Å²) in [6.45, 7) is 4.89. The van der Waals surface area contributed by atoms with Crippen LogP contribution in [0.1, 0.15) is 296 Å². The molecule has 2 unspecified atom stereocenters. The molecule has 0 fully saturated rings. The third kappa shape index (κ3) is 47.8. The normalized spacial score (nSPS) is 12.8. The molecule has 0 aromatic heterocycles. The lowest BCUT2D eigenvalue weighted by molar-refractivity contribution is -0.143. The molecule has 6 heteroatoms. The van der Waals surface area contributed by atoms with Gasteiger partial charge in [-0.1, -0.05) is 250 Å². The van der Waals surface area contributed by atoms with Gasteiger partial charge < -0.3 is 20.3 Å². The Hall–Kier alpha value is -1.66. The largest absolute Gasteiger partial charge is 0.466 e. The molecule has 0 spiro atoms. The number of hydrogen-bond acceptors (Lipinski definition) is 5. The maximum absolute atomic E-state index is 12.4. The average molecular weight is 874 g/mol. The van der Waals surface area contributed by atoms with Gasteiger partial charge in [-0.2, -0.15) is 0 Å². The number of esters is 1. The summed E-state index contributed by atoms with van der Waals surface area (Å²) in [7, 11) is 0. The molecule has 62 heavy (non-hydrogen) atoms. The molecule has 2 atom stereocenters. The summed E-state index contributed by atoms with van der Waals surface area (Å²) in [6.07, 6.45) is 62.0. The second kappa shape index (κ2) is 52.0. The van der Waals surface area contributed by atoms with Gasteiger partial charge in [-0.25, -0.2) is 0 Å². The zero-order valence-electron chi connectivity index (χ0n) is 41.6. The van der Waals surface area contributed by atoms with Crippen molar-refractivity contribution in [2.45, 2.75) is 309 Å². The molecule has 0 aromatic carbocycles. The summed E-state index contributed by atoms with van der Waals surface area (Å²) in [6, 6.07) is -0.630. The molecule has 0 rings (SSSR count). The first kappa shape index (κ1) is 60.3. The fourth-order valence-corrected chi connectivity index (χ4v) is 8.45. The predicted molar refractivity (Wildman–Crippen MR) is 269 cm³/mol. The first-order valence-electron chi connectivity index (χ1n) is 27.6. The molecule has 0 saturated heterocycles. The average Bonchev–Trinajstić information content (AvgIpc) is 3.27. The van der Waals surface area contributed by atoms with Crippen LogP contribution in [0.2, 0.25) is 0 Å². The van der Waals surface area contributed by atoms with E-state index < -0.39 is 12.1 Å². The summed E-state index contributed by atoms with van der Waals surface area (Å²) >= 11 is 0. The summed E-state index contributed by atoms with van der Waals surface area (Å²) < 4.78 is 5.46. The van der Waals surface area contributed by atoms with Gasteiger partial charge in [0.15, 0.2) is 0 Å². The molecule has 0 aliphatic rings. The number of ether oxygens (including phenoxy) is 1. The minimum Gasteiger partial charge on any atom is -0.466 e. The Morgan fingerprint density at radius 1 is 0.435 bits per heavy atom. The minimum absolute atomic E-state index is 0.0104. The lowest BCUT2D eigenvalue weighted by atomic mass is 10.0. The molecule has 366 valence electrons. The third-order valence-corrected chi connectivity index (χ3v) is 12.7. The topological polar surface area (TPSA) is 95.9 Å². The number of aliphatic hydroxyl groups is 2. The lowest BCUT2D eigenvalue weighted by Gasteiger charge is -2.20. The van der Waals surface area contributed by atoms with E-state index in [-0.39, 0.29) is 18.5 Å². The Labute approximate surface area is 386 Å². The van der Waals surface area contributed by atoms with Gasteiger partial charge in [0.2, 0.25) is 5.91 Å². The van der Waals surface area contributed by atoms with Crippen LogP contribution in [0.5, 0.6) is 0 Å². The van der Waals surface area contributed by atoms with Crippen molar-refractivity contribution in [3.05, 3.63) is 24.3 Å². The second-order valence-electron chi connectivity index (χ2n) is 18.9. The number of hydrogen-bond donors (Lipinski definition) is 3. The van der Waals surface area contributed by atoms with Crippen LogP contribution in [0.25, 0.3) is 0 Å². The van der Waals surface area contributed by atoms with Gasteiger partial charge in [0.1, 0.15) is 0 Å². The number of rotatable bonds is 51. The Morgan fingerprint density at radius 2 is 0.758 bits per heavy atom. The Balaban J connectivity index is 3.42. The van der Waals surface area contributed by atoms with Gasteiger partial charge in [-0.05, 0) is 57.8 Å². The SMILES string of the molecule is CCCCCCCCCCC/C=C/C(O)C(CO)NC(=O)CCCCCCCCC/C=C\CCCCCCCCCCCCCCOC(=O)CCCCCCCCCCCCC. The van der Waals surface area contributed by atoms with E-state index >= 15 is 0 Å². The monoisotopic (exact) mass is 874 g/mol. The van der Waals surface area contributed by atoms with Crippen molar-refractivity contribution in [1.29, 1.82) is 0 Å². The van der Waals surface area contributed by atoms with E-state index in [1.807, 2.05) is 6.08 Å². The van der Waals surface area contributed by atoms with Crippen LogP contribution in [0.3, 0.4) is 0 Å². The van der Waals surface area contributed by atoms with E-state index in [1.54, 1.807) is 6.08 Å². The molecular formula is C56H107NO5. The molecule has 0 heterocycles. The van der Waals surface area contributed by atoms with Crippen LogP contribution in [-0.2, 0) is 14.3 Å². The number of aliphatic hydroxyl groups excluding tert-OH is 2. The molecule has 0 aromatic rings. The number of carbonyl (C=O) groups excluding carboxylic acids is 2. The van der Waals surface area contributed by atoms with E-state index in [2.05, 4.69) is 31.3 Å². The molecule has 6 nitrogen and oxygen atoms in total. The standard InChI is InChI=1S/C56H107NO5/c1-3-5-7-9-11-13-28-32-36-40-44-48-54(59)53(52-58)57-55(60)49-45-41-37-33-30-26-24-22-20-18-16-15-17-19-21-23-25-27-31-35-39-43-47-51-62-56(61)50-46-42-38-34-29-14-12-10-8-6-4-2/h18,20,44,48,53-54,58-59H,3-17,19,21-43,45-47,49-52H2,1-2H3,(H,57,60)/b20-18-,48-44+. The molecule has 1 amide bonds. The third-order valence-electron chi connectivity index (χ3n) is 12.7. The fraction of sp³-hybridized carbons (Fsp3) is 0.893. The maximum Gasteiger partial charge on any atom is 0.305 e. The maximum atomic E-state index is 12.4. The van der Waals surface area contributed by atoms with E-state index in [4.69, 9.17) is 4.74 Å². The van der Waals surface area contributed by atoms with Crippen molar-refractivity contribution >= 4 is 11.9 Å². The summed E-state index contributed by atoms with van der Waals surface area (Å²) in [5.74, 6) is -0.0650. The van der Waals surface area contributed by atoms with Gasteiger partial charge in [-0.3, -0.25) is 9.59 Å². The zero-order valence-corrected chi connectivity index (χ0v) is 41.6. The van der Waals surface area contributed by atoms with Crippen LogP contribution in [0.15, 0.2) is 24.3 Å². The first-order valence-corrected chi connectivity index (χ1v) is 27.6. The molecular weight excluding hydrogens is 767 g/mol. The number of unbranched alkanes of at least 4 members (excludes halogenated alkanes) is 38. The van der Waals surface area contributed by atoms with E-state index in [1.165, 1.54) is 225 Å². The van der Waals surface area contributed by atoms with Crippen molar-refractivity contribution in [2.24, 2.45) is 0 Å². The highest BCUT2D eigenvalue weighted by Crippen LogP contribution is 2.16. The van der Waals surface area contributed by atoms with Crippen LogP contribution in [0, 0.1) is 0 Å². The summed E-state index contributed by atoms with van der Waals surface area (Å²) in [4.78, 5) is 24.4. The Kier molecular flexibility index (Phi) is 50.6. The fourth-order valence-electron chi connectivity index (χ4n) is 8.45. The number of nitrogens with one attached hydrogen (secondary N) is 1. The van der Waals surface area contributed by atoms with Crippen molar-refractivity contribution in [3.8, 4) is 0 Å². The van der Waals surface area contributed by atoms with E-state index in [9.17, 15) is 19.8 Å². The highest BCUT2D eigenvalue weighted by atomic mass is 16.5. The minimum atomic E-state index is -0.846. The second-order valence-corrected chi connectivity index (χ2v) is 18.9. The van der Waals surface area contributed by atoms with Crippen LogP contribution < -0.4 is 5.32 Å². The highest BCUT2D eigenvalue weighted by molar-refractivity contribution is 5.76. The Bertz CT molecular complexity index is 966.